The highest BCUT2D eigenvalue weighted by Gasteiger charge is 2.35. The van der Waals surface area contributed by atoms with Gasteiger partial charge in [-0.25, -0.2) is 4.79 Å². The number of ether oxygens (including phenoxy) is 1. The second-order valence-electron chi connectivity index (χ2n) is 8.06. The largest absolute Gasteiger partial charge is 0.467 e. The van der Waals surface area contributed by atoms with Crippen molar-refractivity contribution in [2.75, 3.05) is 7.11 Å². The van der Waals surface area contributed by atoms with Crippen LogP contribution in [0.4, 0.5) is 13.2 Å². The van der Waals surface area contributed by atoms with Gasteiger partial charge in [-0.3, -0.25) is 14.4 Å². The Kier molecular flexibility index (Phi) is 8.10. The Morgan fingerprint density at radius 2 is 1.54 bits per heavy atom. The molecule has 1 saturated heterocycles. The lowest BCUT2D eigenvalue weighted by atomic mass is 10.0. The Labute approximate surface area is 199 Å². The summed E-state index contributed by atoms with van der Waals surface area (Å²) < 4.78 is 43.0. The molecule has 3 rings (SSSR count). The van der Waals surface area contributed by atoms with Crippen molar-refractivity contribution in [2.24, 2.45) is 0 Å². The molecule has 3 atom stereocenters. The maximum atomic E-state index is 12.8. The normalized spacial score (nSPS) is 18.7. The fourth-order valence-corrected chi connectivity index (χ4v) is 3.65. The van der Waals surface area contributed by atoms with Crippen LogP contribution in [0.2, 0.25) is 0 Å². The summed E-state index contributed by atoms with van der Waals surface area (Å²) in [6.07, 6.45) is -4.77. The lowest BCUT2D eigenvalue weighted by Gasteiger charge is -2.29. The third kappa shape index (κ3) is 7.05. The second kappa shape index (κ2) is 11.0. The maximum Gasteiger partial charge on any atom is 0.416 e. The van der Waals surface area contributed by atoms with Gasteiger partial charge < -0.3 is 20.7 Å². The van der Waals surface area contributed by atoms with E-state index < -0.39 is 60.0 Å². The van der Waals surface area contributed by atoms with E-state index in [1.807, 2.05) is 30.3 Å². The first-order valence-corrected chi connectivity index (χ1v) is 10.7. The number of benzene rings is 2. The lowest BCUT2D eigenvalue weighted by Crippen LogP contribution is -2.63. The monoisotopic (exact) mass is 491 g/mol. The quantitative estimate of drug-likeness (QED) is 0.485. The number of piperazine rings is 1. The number of rotatable bonds is 8. The van der Waals surface area contributed by atoms with E-state index >= 15 is 0 Å². The van der Waals surface area contributed by atoms with Gasteiger partial charge in [-0.1, -0.05) is 42.5 Å². The minimum atomic E-state index is -4.50. The summed E-state index contributed by atoms with van der Waals surface area (Å²) in [5.41, 5.74) is 0.374. The molecule has 0 radical (unpaired) electrons. The predicted octanol–water partition coefficient (Wildman–Crippen LogP) is 1.52. The van der Waals surface area contributed by atoms with Crippen molar-refractivity contribution in [3.8, 4) is 0 Å². The van der Waals surface area contributed by atoms with Gasteiger partial charge in [0.2, 0.25) is 17.7 Å². The van der Waals surface area contributed by atoms with Crippen LogP contribution in [0.5, 0.6) is 0 Å². The minimum Gasteiger partial charge on any atom is -0.467 e. The first-order chi connectivity index (χ1) is 16.6. The predicted molar refractivity (Wildman–Crippen MR) is 118 cm³/mol. The van der Waals surface area contributed by atoms with Crippen LogP contribution in [0.25, 0.3) is 0 Å². The maximum absolute atomic E-state index is 12.8. The van der Waals surface area contributed by atoms with Gasteiger partial charge >= 0.3 is 12.1 Å². The zero-order valence-electron chi connectivity index (χ0n) is 18.7. The third-order valence-electron chi connectivity index (χ3n) is 5.48. The molecule has 11 heteroatoms. The molecular weight excluding hydrogens is 467 g/mol. The van der Waals surface area contributed by atoms with Gasteiger partial charge in [-0.2, -0.15) is 13.2 Å². The number of amides is 3. The Hall–Kier alpha value is -3.89. The molecule has 3 N–H and O–H groups in total. The molecule has 2 aromatic carbocycles. The Balaban J connectivity index is 1.59. The highest BCUT2D eigenvalue weighted by atomic mass is 19.4. The lowest BCUT2D eigenvalue weighted by molar-refractivity contribution is -0.145. The molecule has 186 valence electrons. The molecule has 0 unspecified atom stereocenters. The van der Waals surface area contributed by atoms with Gasteiger partial charge in [-0.05, 0) is 23.3 Å². The van der Waals surface area contributed by atoms with Crippen molar-refractivity contribution < 1.29 is 37.1 Å². The van der Waals surface area contributed by atoms with Gasteiger partial charge in [0.1, 0.15) is 18.1 Å². The first-order valence-electron chi connectivity index (χ1n) is 10.7. The standard InChI is InChI=1S/C24H24F3N3O5/c1-35-23(34)19(12-15-7-9-16(10-8-15)24(25,26)27)28-20(31)13-18-22(33)29-17(21(32)30-18)11-14-5-3-2-4-6-14/h2-10,17-19H,11-13H2,1H3,(H,28,31)(H,29,33)(H,30,32)/t17-,18-,19-/m0/s1. The average molecular weight is 491 g/mol. The summed E-state index contributed by atoms with van der Waals surface area (Å²) in [5, 5.41) is 7.55. The molecule has 8 nitrogen and oxygen atoms in total. The molecule has 1 aliphatic rings. The number of hydrogen-bond acceptors (Lipinski definition) is 5. The molecule has 2 aromatic rings. The minimum absolute atomic E-state index is 0.126. The van der Waals surface area contributed by atoms with Crippen LogP contribution in [0.15, 0.2) is 54.6 Å². The van der Waals surface area contributed by atoms with E-state index in [4.69, 9.17) is 0 Å². The fourth-order valence-electron chi connectivity index (χ4n) is 3.65. The summed E-state index contributed by atoms with van der Waals surface area (Å²) in [6, 6.07) is 10.1. The molecule has 3 amide bonds. The zero-order chi connectivity index (χ0) is 25.6. The van der Waals surface area contributed by atoms with Crippen molar-refractivity contribution in [3.63, 3.8) is 0 Å². The van der Waals surface area contributed by atoms with E-state index in [1.54, 1.807) is 0 Å². The number of methoxy groups -OCH3 is 1. The number of halogens is 3. The van der Waals surface area contributed by atoms with Gasteiger partial charge in [0, 0.05) is 12.8 Å². The van der Waals surface area contributed by atoms with Crippen molar-refractivity contribution in [2.45, 2.75) is 43.6 Å². The van der Waals surface area contributed by atoms with Gasteiger partial charge in [-0.15, -0.1) is 0 Å². The molecule has 0 saturated carbocycles. The summed E-state index contributed by atoms with van der Waals surface area (Å²) in [5.74, 6) is -2.51. The number of esters is 1. The number of carbonyl (C=O) groups is 4. The Morgan fingerprint density at radius 1 is 0.943 bits per heavy atom. The highest BCUT2D eigenvalue weighted by molar-refractivity contribution is 5.99. The van der Waals surface area contributed by atoms with Crippen LogP contribution in [0.1, 0.15) is 23.1 Å². The smallest absolute Gasteiger partial charge is 0.416 e. The van der Waals surface area contributed by atoms with Crippen LogP contribution in [-0.2, 0) is 42.9 Å². The van der Waals surface area contributed by atoms with Crippen molar-refractivity contribution in [1.29, 1.82) is 0 Å². The molecule has 1 aliphatic heterocycles. The molecule has 1 fully saturated rings. The van der Waals surface area contributed by atoms with Gasteiger partial charge in [0.25, 0.3) is 0 Å². The SMILES string of the molecule is COC(=O)[C@H](Cc1ccc(C(F)(F)F)cc1)NC(=O)C[C@@H]1NC(=O)[C@H](Cc2ccccc2)NC1=O. The molecule has 35 heavy (non-hydrogen) atoms. The van der Waals surface area contributed by atoms with E-state index in [0.29, 0.717) is 5.56 Å². The fraction of sp³-hybridized carbons (Fsp3) is 0.333. The molecule has 0 aliphatic carbocycles. The van der Waals surface area contributed by atoms with Crippen molar-refractivity contribution >= 4 is 23.7 Å². The molecule has 0 bridgehead atoms. The Bertz CT molecular complexity index is 1070. The van der Waals surface area contributed by atoms with E-state index in [2.05, 4.69) is 20.7 Å². The zero-order valence-corrected chi connectivity index (χ0v) is 18.7. The van der Waals surface area contributed by atoms with Gasteiger partial charge in [0.15, 0.2) is 0 Å². The van der Waals surface area contributed by atoms with E-state index in [-0.39, 0.29) is 12.8 Å². The first kappa shape index (κ1) is 25.7. The number of hydrogen-bond donors (Lipinski definition) is 3. The van der Waals surface area contributed by atoms with Crippen molar-refractivity contribution in [1.82, 2.24) is 16.0 Å². The van der Waals surface area contributed by atoms with Crippen molar-refractivity contribution in [3.05, 3.63) is 71.3 Å². The summed E-state index contributed by atoms with van der Waals surface area (Å²) in [6.45, 7) is 0. The number of carbonyl (C=O) groups excluding carboxylic acids is 4. The average Bonchev–Trinajstić information content (AvgIpc) is 2.81. The molecular formula is C24H24F3N3O5. The van der Waals surface area contributed by atoms with E-state index in [9.17, 15) is 32.3 Å². The second-order valence-corrected chi connectivity index (χ2v) is 8.06. The van der Waals surface area contributed by atoms with E-state index in [1.165, 1.54) is 12.1 Å². The van der Waals surface area contributed by atoms with Crippen LogP contribution in [0.3, 0.4) is 0 Å². The van der Waals surface area contributed by atoms with E-state index in [0.717, 1.165) is 24.8 Å². The summed E-state index contributed by atoms with van der Waals surface area (Å²) in [7, 11) is 1.11. The van der Waals surface area contributed by atoms with Crippen LogP contribution in [0, 0.1) is 0 Å². The molecule has 0 aromatic heterocycles. The van der Waals surface area contributed by atoms with Gasteiger partial charge in [0.05, 0.1) is 19.1 Å². The highest BCUT2D eigenvalue weighted by Crippen LogP contribution is 2.29. The Morgan fingerprint density at radius 3 is 2.14 bits per heavy atom. The molecule has 0 spiro atoms. The topological polar surface area (TPSA) is 114 Å². The number of nitrogens with one attached hydrogen (secondary N) is 3. The number of alkyl halides is 3. The third-order valence-corrected chi connectivity index (χ3v) is 5.48. The van der Waals surface area contributed by atoms with Crippen LogP contribution < -0.4 is 16.0 Å². The van der Waals surface area contributed by atoms with Crippen LogP contribution in [-0.4, -0.2) is 48.9 Å². The summed E-state index contributed by atoms with van der Waals surface area (Å²) >= 11 is 0. The van der Waals surface area contributed by atoms with Crippen LogP contribution >= 0.6 is 0 Å². The summed E-state index contributed by atoms with van der Waals surface area (Å²) in [4.78, 5) is 49.6. The molecule has 1 heterocycles.